The zero-order chi connectivity index (χ0) is 15.9. The van der Waals surface area contributed by atoms with Gasteiger partial charge in [-0.15, -0.1) is 0 Å². The molecule has 122 valence electrons. The predicted molar refractivity (Wildman–Crippen MR) is 90.0 cm³/mol. The van der Waals surface area contributed by atoms with E-state index >= 15 is 0 Å². The van der Waals surface area contributed by atoms with Crippen LogP contribution in [0.1, 0.15) is 23.1 Å². The third-order valence-electron chi connectivity index (χ3n) is 4.45. The molecule has 6 heteroatoms. The Labute approximate surface area is 137 Å². The number of ether oxygens (including phenoxy) is 1. The molecule has 0 aliphatic carbocycles. The summed E-state index contributed by atoms with van der Waals surface area (Å²) in [6.07, 6.45) is 0.793. The third kappa shape index (κ3) is 2.82. The van der Waals surface area contributed by atoms with E-state index in [2.05, 4.69) is 0 Å². The summed E-state index contributed by atoms with van der Waals surface area (Å²) in [4.78, 5) is 0.496. The van der Waals surface area contributed by atoms with Gasteiger partial charge in [-0.3, -0.25) is 0 Å². The van der Waals surface area contributed by atoms with E-state index in [0.717, 1.165) is 28.9 Å². The van der Waals surface area contributed by atoms with Gasteiger partial charge >= 0.3 is 0 Å². The lowest BCUT2D eigenvalue weighted by atomic mass is 10.1. The number of hydrogen-bond donors (Lipinski definition) is 0. The molecule has 2 atom stereocenters. The second-order valence-corrected chi connectivity index (χ2v) is 9.36. The number of fused-ring (bicyclic) bond motifs is 1. The highest BCUT2D eigenvalue weighted by Gasteiger charge is 2.41. The highest BCUT2D eigenvalue weighted by molar-refractivity contribution is 8.00. The smallest absolute Gasteiger partial charge is 0.243 e. The lowest BCUT2D eigenvalue weighted by Crippen LogP contribution is -2.54. The van der Waals surface area contributed by atoms with Crippen molar-refractivity contribution in [3.8, 4) is 0 Å². The maximum absolute atomic E-state index is 13.3. The first kappa shape index (κ1) is 16.3. The van der Waals surface area contributed by atoms with E-state index in [-0.39, 0.29) is 11.3 Å². The topological polar surface area (TPSA) is 46.6 Å². The maximum Gasteiger partial charge on any atom is 0.243 e. The van der Waals surface area contributed by atoms with Gasteiger partial charge in [0.05, 0.1) is 11.5 Å². The van der Waals surface area contributed by atoms with Gasteiger partial charge in [-0.05, 0) is 38.3 Å². The second kappa shape index (κ2) is 6.15. The van der Waals surface area contributed by atoms with E-state index in [1.807, 2.05) is 44.7 Å². The molecule has 0 amide bonds. The molecule has 1 aromatic rings. The Hall–Kier alpha value is -0.560. The quantitative estimate of drug-likeness (QED) is 0.829. The number of thioether (sulfide) groups is 1. The molecule has 22 heavy (non-hydrogen) atoms. The van der Waals surface area contributed by atoms with Crippen LogP contribution in [0.3, 0.4) is 0 Å². The highest BCUT2D eigenvalue weighted by atomic mass is 32.2. The zero-order valence-corrected chi connectivity index (χ0v) is 15.0. The van der Waals surface area contributed by atoms with Crippen molar-refractivity contribution in [2.45, 2.75) is 43.4 Å². The van der Waals surface area contributed by atoms with E-state index in [0.29, 0.717) is 24.7 Å². The Bertz CT molecular complexity index is 647. The van der Waals surface area contributed by atoms with Crippen LogP contribution in [0.4, 0.5) is 0 Å². The number of benzene rings is 1. The van der Waals surface area contributed by atoms with Crippen molar-refractivity contribution in [1.82, 2.24) is 4.31 Å². The normalized spacial score (nSPS) is 26.7. The molecule has 4 nitrogen and oxygen atoms in total. The highest BCUT2D eigenvalue weighted by Crippen LogP contribution is 2.35. The Morgan fingerprint density at radius 1 is 1.23 bits per heavy atom. The summed E-state index contributed by atoms with van der Waals surface area (Å²) >= 11 is 1.84. The molecule has 2 fully saturated rings. The van der Waals surface area contributed by atoms with E-state index in [1.54, 1.807) is 4.31 Å². The molecule has 0 spiro atoms. The Morgan fingerprint density at radius 2 is 1.91 bits per heavy atom. The van der Waals surface area contributed by atoms with Gasteiger partial charge in [0.25, 0.3) is 0 Å². The first-order valence-corrected chi connectivity index (χ1v) is 10.2. The first-order chi connectivity index (χ1) is 10.4. The van der Waals surface area contributed by atoms with Crippen LogP contribution in [0.5, 0.6) is 0 Å². The van der Waals surface area contributed by atoms with Gasteiger partial charge in [0.1, 0.15) is 0 Å². The van der Waals surface area contributed by atoms with Crippen LogP contribution < -0.4 is 0 Å². The van der Waals surface area contributed by atoms with Crippen LogP contribution in [0, 0.1) is 20.8 Å². The van der Waals surface area contributed by atoms with Crippen molar-refractivity contribution in [1.29, 1.82) is 0 Å². The van der Waals surface area contributed by atoms with E-state index < -0.39 is 10.0 Å². The minimum Gasteiger partial charge on any atom is -0.380 e. The van der Waals surface area contributed by atoms with Crippen molar-refractivity contribution < 1.29 is 13.2 Å². The van der Waals surface area contributed by atoms with Crippen molar-refractivity contribution in [3.63, 3.8) is 0 Å². The van der Waals surface area contributed by atoms with Gasteiger partial charge in [0, 0.05) is 30.2 Å². The van der Waals surface area contributed by atoms with Gasteiger partial charge < -0.3 is 4.74 Å². The van der Waals surface area contributed by atoms with E-state index in [1.165, 1.54) is 0 Å². The fraction of sp³-hybridized carbons (Fsp3) is 0.625. The van der Waals surface area contributed by atoms with Gasteiger partial charge in [-0.2, -0.15) is 16.1 Å². The molecule has 2 saturated heterocycles. The minimum absolute atomic E-state index is 0.0672. The summed E-state index contributed by atoms with van der Waals surface area (Å²) in [5, 5.41) is 0.267. The maximum atomic E-state index is 13.3. The van der Waals surface area contributed by atoms with Crippen LogP contribution in [0.2, 0.25) is 0 Å². The summed E-state index contributed by atoms with van der Waals surface area (Å²) in [6, 6.07) is 3.98. The summed E-state index contributed by atoms with van der Waals surface area (Å²) in [5.74, 6) is 0.841. The molecule has 1 aromatic carbocycles. The molecular formula is C16H23NO3S2. The molecule has 2 aliphatic rings. The molecule has 0 bridgehead atoms. The number of nitrogens with zero attached hydrogens (tertiary/aromatic N) is 1. The lowest BCUT2D eigenvalue weighted by molar-refractivity contribution is 0.0625. The zero-order valence-electron chi connectivity index (χ0n) is 13.3. The van der Waals surface area contributed by atoms with E-state index in [9.17, 15) is 8.42 Å². The molecule has 3 rings (SSSR count). The lowest BCUT2D eigenvalue weighted by Gasteiger charge is -2.42. The van der Waals surface area contributed by atoms with Gasteiger partial charge in [0.15, 0.2) is 0 Å². The fourth-order valence-electron chi connectivity index (χ4n) is 3.64. The summed E-state index contributed by atoms with van der Waals surface area (Å²) in [5.41, 5.74) is 2.80. The Morgan fingerprint density at radius 3 is 2.59 bits per heavy atom. The molecule has 0 saturated carbocycles. The molecular weight excluding hydrogens is 318 g/mol. The SMILES string of the molecule is Cc1cc(C)c(S(=O)(=O)N2CCS[C@@H]3COCC[C@@H]32)c(C)c1. The molecule has 0 unspecified atom stereocenters. The Kier molecular flexibility index (Phi) is 4.56. The third-order valence-corrected chi connectivity index (χ3v) is 7.98. The van der Waals surface area contributed by atoms with Crippen LogP contribution in [-0.4, -0.2) is 49.5 Å². The summed E-state index contributed by atoms with van der Waals surface area (Å²) in [7, 11) is -3.45. The average molecular weight is 341 g/mol. The Balaban J connectivity index is 2.02. The summed E-state index contributed by atoms with van der Waals surface area (Å²) in [6.45, 7) is 7.70. The number of sulfonamides is 1. The van der Waals surface area contributed by atoms with Crippen LogP contribution in [-0.2, 0) is 14.8 Å². The van der Waals surface area contributed by atoms with Gasteiger partial charge in [-0.1, -0.05) is 17.7 Å². The number of hydrogen-bond acceptors (Lipinski definition) is 4. The second-order valence-electron chi connectivity index (χ2n) is 6.18. The molecule has 0 radical (unpaired) electrons. The first-order valence-electron chi connectivity index (χ1n) is 7.70. The minimum atomic E-state index is -3.45. The van der Waals surface area contributed by atoms with Gasteiger partial charge in [0.2, 0.25) is 10.0 Å². The monoisotopic (exact) mass is 341 g/mol. The standard InChI is InChI=1S/C16H23NO3S2/c1-11-8-12(2)16(13(3)9-11)22(18,19)17-5-7-21-15-10-20-6-4-14(15)17/h8-9,14-15H,4-7,10H2,1-3H3/t14-,15+/m0/s1. The average Bonchev–Trinajstić information content (AvgIpc) is 2.45. The van der Waals surface area contributed by atoms with E-state index in [4.69, 9.17) is 4.74 Å². The number of rotatable bonds is 2. The molecule has 2 heterocycles. The van der Waals surface area contributed by atoms with Crippen LogP contribution in [0.25, 0.3) is 0 Å². The van der Waals surface area contributed by atoms with Crippen LogP contribution in [0.15, 0.2) is 17.0 Å². The number of aryl methyl sites for hydroxylation is 3. The molecule has 0 N–H and O–H groups in total. The van der Waals surface area contributed by atoms with Crippen LogP contribution >= 0.6 is 11.8 Å². The largest absolute Gasteiger partial charge is 0.380 e. The summed E-state index contributed by atoms with van der Waals surface area (Å²) < 4.78 is 33.8. The molecule has 2 aliphatic heterocycles. The van der Waals surface area contributed by atoms with Crippen molar-refractivity contribution in [3.05, 3.63) is 28.8 Å². The molecule has 0 aromatic heterocycles. The van der Waals surface area contributed by atoms with Gasteiger partial charge in [-0.25, -0.2) is 8.42 Å². The van der Waals surface area contributed by atoms with Crippen molar-refractivity contribution >= 4 is 21.8 Å². The fourth-order valence-corrected chi connectivity index (χ4v) is 7.24. The van der Waals surface area contributed by atoms with Crippen molar-refractivity contribution in [2.75, 3.05) is 25.5 Å². The van der Waals surface area contributed by atoms with Crippen molar-refractivity contribution in [2.24, 2.45) is 0 Å². The predicted octanol–water partition coefficient (Wildman–Crippen LogP) is 2.51.